The standard InChI is InChI=1S/C22H24ClN5/c1-14-9-10-18(23)15(2)21(14)27-20-12-19(16-6-5-11-24-13-16)26-22(28-20)25-17-7-3-4-8-17/h5-6,9-13,17H,3-4,7-8H2,1-2H3,(H2,25,26,27,28). The highest BCUT2D eigenvalue weighted by Crippen LogP contribution is 2.31. The molecule has 1 aromatic carbocycles. The van der Waals surface area contributed by atoms with Gasteiger partial charge in [0.2, 0.25) is 5.95 Å². The van der Waals surface area contributed by atoms with Gasteiger partial charge >= 0.3 is 0 Å². The number of benzene rings is 1. The average Bonchev–Trinajstić information content (AvgIpc) is 3.22. The molecule has 0 atom stereocenters. The van der Waals surface area contributed by atoms with Crippen molar-refractivity contribution in [1.29, 1.82) is 0 Å². The lowest BCUT2D eigenvalue weighted by molar-refractivity contribution is 0.744. The minimum absolute atomic E-state index is 0.437. The molecule has 144 valence electrons. The molecule has 1 fully saturated rings. The molecule has 0 amide bonds. The van der Waals surface area contributed by atoms with Crippen LogP contribution < -0.4 is 10.6 Å². The van der Waals surface area contributed by atoms with Crippen LogP contribution in [0.2, 0.25) is 5.02 Å². The number of nitrogens with zero attached hydrogens (tertiary/aromatic N) is 3. The maximum atomic E-state index is 6.33. The molecule has 6 heteroatoms. The van der Waals surface area contributed by atoms with Crippen LogP contribution in [0.4, 0.5) is 17.5 Å². The Balaban J connectivity index is 1.72. The molecule has 3 aromatic rings. The van der Waals surface area contributed by atoms with Gasteiger partial charge < -0.3 is 10.6 Å². The first kappa shape index (κ1) is 18.7. The van der Waals surface area contributed by atoms with Crippen molar-refractivity contribution in [2.75, 3.05) is 10.6 Å². The molecule has 0 saturated heterocycles. The number of halogens is 1. The minimum Gasteiger partial charge on any atom is -0.351 e. The summed E-state index contributed by atoms with van der Waals surface area (Å²) < 4.78 is 0. The normalized spacial score (nSPS) is 14.2. The fourth-order valence-electron chi connectivity index (χ4n) is 3.63. The quantitative estimate of drug-likeness (QED) is 0.564. The van der Waals surface area contributed by atoms with E-state index in [9.17, 15) is 0 Å². The first-order valence-corrected chi connectivity index (χ1v) is 10.1. The summed E-state index contributed by atoms with van der Waals surface area (Å²) in [5.74, 6) is 1.39. The van der Waals surface area contributed by atoms with E-state index in [1.165, 1.54) is 12.8 Å². The Bertz CT molecular complexity index is 968. The third-order valence-corrected chi connectivity index (χ3v) is 5.64. The van der Waals surface area contributed by atoms with Crippen LogP contribution in [0.5, 0.6) is 0 Å². The Hall–Kier alpha value is -2.66. The molecule has 28 heavy (non-hydrogen) atoms. The molecule has 1 aliphatic rings. The van der Waals surface area contributed by atoms with Gasteiger partial charge in [-0.3, -0.25) is 4.98 Å². The number of nitrogens with one attached hydrogen (secondary N) is 2. The maximum Gasteiger partial charge on any atom is 0.225 e. The molecule has 0 unspecified atom stereocenters. The number of aryl methyl sites for hydroxylation is 1. The summed E-state index contributed by atoms with van der Waals surface area (Å²) in [6, 6.07) is 10.3. The number of hydrogen-bond acceptors (Lipinski definition) is 5. The lowest BCUT2D eigenvalue weighted by atomic mass is 10.1. The number of pyridine rings is 1. The zero-order chi connectivity index (χ0) is 19.5. The lowest BCUT2D eigenvalue weighted by Crippen LogP contribution is -2.17. The molecule has 1 aliphatic carbocycles. The van der Waals surface area contributed by atoms with Gasteiger partial charge in [0.1, 0.15) is 5.82 Å². The van der Waals surface area contributed by atoms with Crippen LogP contribution in [-0.4, -0.2) is 21.0 Å². The average molecular weight is 394 g/mol. The molecule has 5 nitrogen and oxygen atoms in total. The van der Waals surface area contributed by atoms with E-state index < -0.39 is 0 Å². The molecule has 4 rings (SSSR count). The second-order valence-corrected chi connectivity index (χ2v) is 7.73. The predicted octanol–water partition coefficient (Wildman–Crippen LogP) is 5.91. The topological polar surface area (TPSA) is 62.7 Å². The summed E-state index contributed by atoms with van der Waals surface area (Å²) in [7, 11) is 0. The van der Waals surface area contributed by atoms with Crippen molar-refractivity contribution in [3.63, 3.8) is 0 Å². The highest BCUT2D eigenvalue weighted by molar-refractivity contribution is 6.31. The highest BCUT2D eigenvalue weighted by atomic mass is 35.5. The minimum atomic E-state index is 0.437. The van der Waals surface area contributed by atoms with Gasteiger partial charge in [0, 0.05) is 40.8 Å². The highest BCUT2D eigenvalue weighted by Gasteiger charge is 2.17. The molecule has 0 bridgehead atoms. The zero-order valence-corrected chi connectivity index (χ0v) is 16.9. The van der Waals surface area contributed by atoms with Crippen molar-refractivity contribution in [2.45, 2.75) is 45.6 Å². The molecule has 2 N–H and O–H groups in total. The number of aromatic nitrogens is 3. The summed E-state index contributed by atoms with van der Waals surface area (Å²) in [6.45, 7) is 4.07. The second-order valence-electron chi connectivity index (χ2n) is 7.32. The first-order chi connectivity index (χ1) is 13.6. The largest absolute Gasteiger partial charge is 0.351 e. The van der Waals surface area contributed by atoms with Crippen LogP contribution in [0.25, 0.3) is 11.3 Å². The van der Waals surface area contributed by atoms with Gasteiger partial charge in [-0.25, -0.2) is 4.98 Å². The predicted molar refractivity (Wildman–Crippen MR) is 115 cm³/mol. The van der Waals surface area contributed by atoms with Crippen molar-refractivity contribution in [1.82, 2.24) is 15.0 Å². The molecule has 2 heterocycles. The Morgan fingerprint density at radius 1 is 1.07 bits per heavy atom. The van der Waals surface area contributed by atoms with Crippen LogP contribution in [0, 0.1) is 13.8 Å². The van der Waals surface area contributed by atoms with E-state index in [4.69, 9.17) is 21.6 Å². The fraction of sp³-hybridized carbons (Fsp3) is 0.318. The van der Waals surface area contributed by atoms with Crippen LogP contribution >= 0.6 is 11.6 Å². The molecule has 2 aromatic heterocycles. The van der Waals surface area contributed by atoms with Crippen molar-refractivity contribution in [2.24, 2.45) is 0 Å². The summed E-state index contributed by atoms with van der Waals surface area (Å²) in [6.07, 6.45) is 8.42. The third kappa shape index (κ3) is 4.09. The second kappa shape index (κ2) is 8.15. The van der Waals surface area contributed by atoms with Crippen LogP contribution in [-0.2, 0) is 0 Å². The third-order valence-electron chi connectivity index (χ3n) is 5.23. The Kier molecular flexibility index (Phi) is 5.44. The summed E-state index contributed by atoms with van der Waals surface area (Å²) in [5.41, 5.74) is 4.91. The smallest absolute Gasteiger partial charge is 0.225 e. The number of hydrogen-bond donors (Lipinski definition) is 2. The maximum absolute atomic E-state index is 6.33. The van der Waals surface area contributed by atoms with Crippen LogP contribution in [0.15, 0.2) is 42.7 Å². The monoisotopic (exact) mass is 393 g/mol. The Morgan fingerprint density at radius 2 is 1.89 bits per heavy atom. The lowest BCUT2D eigenvalue weighted by Gasteiger charge is -2.17. The van der Waals surface area contributed by atoms with Gasteiger partial charge in [-0.1, -0.05) is 30.5 Å². The van der Waals surface area contributed by atoms with Crippen molar-refractivity contribution in [3.05, 3.63) is 58.9 Å². The molecule has 0 radical (unpaired) electrons. The van der Waals surface area contributed by atoms with Crippen molar-refractivity contribution < 1.29 is 0 Å². The van der Waals surface area contributed by atoms with Gasteiger partial charge in [-0.15, -0.1) is 0 Å². The van der Waals surface area contributed by atoms with Crippen molar-refractivity contribution >= 4 is 29.1 Å². The number of rotatable bonds is 5. The molecule has 0 spiro atoms. The summed E-state index contributed by atoms with van der Waals surface area (Å²) in [5, 5.41) is 7.71. The summed E-state index contributed by atoms with van der Waals surface area (Å²) >= 11 is 6.33. The van der Waals surface area contributed by atoms with Gasteiger partial charge in [0.25, 0.3) is 0 Å². The Labute approximate surface area is 170 Å². The van der Waals surface area contributed by atoms with Gasteiger partial charge in [0.15, 0.2) is 0 Å². The van der Waals surface area contributed by atoms with Crippen LogP contribution in [0.3, 0.4) is 0 Å². The molecule has 1 saturated carbocycles. The SMILES string of the molecule is Cc1ccc(Cl)c(C)c1Nc1cc(-c2cccnc2)nc(NC2CCCC2)n1. The number of anilines is 3. The van der Waals surface area contributed by atoms with Crippen LogP contribution in [0.1, 0.15) is 36.8 Å². The van der Waals surface area contributed by atoms with E-state index in [0.717, 1.165) is 51.8 Å². The van der Waals surface area contributed by atoms with E-state index in [1.54, 1.807) is 6.20 Å². The Morgan fingerprint density at radius 3 is 2.64 bits per heavy atom. The first-order valence-electron chi connectivity index (χ1n) is 9.69. The van der Waals surface area contributed by atoms with Crippen molar-refractivity contribution in [3.8, 4) is 11.3 Å². The van der Waals surface area contributed by atoms with E-state index in [0.29, 0.717) is 12.0 Å². The van der Waals surface area contributed by atoms with Gasteiger partial charge in [0.05, 0.1) is 5.69 Å². The molecular formula is C22H24ClN5. The van der Waals surface area contributed by atoms with Gasteiger partial charge in [-0.05, 0) is 56.0 Å². The zero-order valence-electron chi connectivity index (χ0n) is 16.2. The van der Waals surface area contributed by atoms with E-state index in [2.05, 4.69) is 22.5 Å². The fourth-order valence-corrected chi connectivity index (χ4v) is 3.79. The van der Waals surface area contributed by atoms with E-state index >= 15 is 0 Å². The molecular weight excluding hydrogens is 370 g/mol. The summed E-state index contributed by atoms with van der Waals surface area (Å²) in [4.78, 5) is 13.7. The van der Waals surface area contributed by atoms with E-state index in [-0.39, 0.29) is 0 Å². The molecule has 0 aliphatic heterocycles. The van der Waals surface area contributed by atoms with E-state index in [1.807, 2.05) is 43.5 Å². The van der Waals surface area contributed by atoms with Gasteiger partial charge in [-0.2, -0.15) is 4.98 Å².